The van der Waals surface area contributed by atoms with Crippen molar-refractivity contribution >= 4 is 29.4 Å². The van der Waals surface area contributed by atoms with E-state index < -0.39 is 0 Å². The Morgan fingerprint density at radius 3 is 2.71 bits per heavy atom. The molecule has 28 heavy (non-hydrogen) atoms. The molecule has 2 atom stereocenters. The van der Waals surface area contributed by atoms with Crippen LogP contribution >= 0.6 is 12.4 Å². The van der Waals surface area contributed by atoms with Crippen LogP contribution in [0.5, 0.6) is 0 Å². The first kappa shape index (κ1) is 21.1. The monoisotopic (exact) mass is 406 g/mol. The summed E-state index contributed by atoms with van der Waals surface area (Å²) in [5.41, 5.74) is 3.02. The number of hydrogen-bond acceptors (Lipinski definition) is 5. The highest BCUT2D eigenvalue weighted by Crippen LogP contribution is 2.41. The van der Waals surface area contributed by atoms with E-state index in [9.17, 15) is 4.79 Å². The van der Waals surface area contributed by atoms with E-state index in [0.29, 0.717) is 23.1 Å². The molecule has 1 amide bonds. The van der Waals surface area contributed by atoms with Crippen LogP contribution in [0.2, 0.25) is 0 Å². The van der Waals surface area contributed by atoms with Crippen LogP contribution in [0.25, 0.3) is 11.1 Å². The second-order valence-corrected chi connectivity index (χ2v) is 9.47. The van der Waals surface area contributed by atoms with Crippen LogP contribution in [0, 0.1) is 11.3 Å². The molecule has 1 aliphatic heterocycles. The van der Waals surface area contributed by atoms with Crippen molar-refractivity contribution in [2.24, 2.45) is 11.3 Å². The number of amides is 1. The Kier molecular flexibility index (Phi) is 6.01. The van der Waals surface area contributed by atoms with Crippen molar-refractivity contribution in [1.29, 1.82) is 0 Å². The Morgan fingerprint density at radius 2 is 2.07 bits per heavy atom. The van der Waals surface area contributed by atoms with Gasteiger partial charge in [-0.05, 0) is 56.2 Å². The maximum Gasteiger partial charge on any atom is 0.259 e. The third-order valence-electron chi connectivity index (χ3n) is 5.58. The molecule has 2 aromatic heterocycles. The maximum absolute atomic E-state index is 13.3. The number of hydrogen-bond donors (Lipinski definition) is 2. The molecule has 3 heterocycles. The summed E-state index contributed by atoms with van der Waals surface area (Å²) < 4.78 is 5.56. The fourth-order valence-corrected chi connectivity index (χ4v) is 3.89. The first-order valence-corrected chi connectivity index (χ1v) is 10.1. The van der Waals surface area contributed by atoms with Crippen molar-refractivity contribution in [3.05, 3.63) is 23.0 Å². The van der Waals surface area contributed by atoms with Crippen LogP contribution in [-0.2, 0) is 6.42 Å². The normalized spacial score (nSPS) is 22.7. The zero-order valence-corrected chi connectivity index (χ0v) is 18.0. The van der Waals surface area contributed by atoms with Crippen molar-refractivity contribution in [1.82, 2.24) is 20.8 Å². The number of aromatic nitrogens is 2. The number of fused-ring (bicyclic) bond motifs is 1. The lowest BCUT2D eigenvalue weighted by Crippen LogP contribution is -2.48. The van der Waals surface area contributed by atoms with Gasteiger partial charge in [-0.2, -0.15) is 0 Å². The van der Waals surface area contributed by atoms with E-state index in [0.717, 1.165) is 55.5 Å². The molecule has 6 nitrogen and oxygen atoms in total. The Morgan fingerprint density at radius 1 is 1.32 bits per heavy atom. The number of pyridine rings is 1. The topological polar surface area (TPSA) is 80.0 Å². The average Bonchev–Trinajstić information content (AvgIpc) is 3.38. The molecular formula is C21H31ClN4O2. The summed E-state index contributed by atoms with van der Waals surface area (Å²) in [5, 5.41) is 11.7. The highest BCUT2D eigenvalue weighted by Gasteiger charge is 2.31. The SMILES string of the molecule is CC1CNCCC1NC(=O)c1cc(C2CC2)nc2onc(CC(C)(C)C)c12.Cl. The first-order valence-electron chi connectivity index (χ1n) is 10.1. The van der Waals surface area contributed by atoms with Crippen molar-refractivity contribution in [2.75, 3.05) is 13.1 Å². The second-order valence-electron chi connectivity index (χ2n) is 9.47. The van der Waals surface area contributed by atoms with Gasteiger partial charge >= 0.3 is 0 Å². The standard InChI is InChI=1S/C21H30N4O2.ClH/c1-12-11-22-8-7-15(12)23-19(26)14-9-16(13-5-6-13)24-20-18(14)17(25-27-20)10-21(2,3)4;/h9,12-13,15,22H,5-8,10-11H2,1-4H3,(H,23,26);1H. The number of rotatable bonds is 4. The quantitative estimate of drug-likeness (QED) is 0.806. The fraction of sp³-hybridized carbons (Fsp3) is 0.667. The summed E-state index contributed by atoms with van der Waals surface area (Å²) in [6.07, 6.45) is 3.96. The minimum Gasteiger partial charge on any atom is -0.349 e. The van der Waals surface area contributed by atoms with Crippen LogP contribution in [-0.4, -0.2) is 35.2 Å². The number of nitrogens with one attached hydrogen (secondary N) is 2. The summed E-state index contributed by atoms with van der Waals surface area (Å²) >= 11 is 0. The van der Waals surface area contributed by atoms with Gasteiger partial charge in [0, 0.05) is 17.7 Å². The molecule has 2 N–H and O–H groups in total. The molecule has 0 radical (unpaired) electrons. The Bertz CT molecular complexity index is 854. The summed E-state index contributed by atoms with van der Waals surface area (Å²) in [4.78, 5) is 17.9. The van der Waals surface area contributed by atoms with Gasteiger partial charge in [0.2, 0.25) is 0 Å². The van der Waals surface area contributed by atoms with E-state index in [-0.39, 0.29) is 29.8 Å². The van der Waals surface area contributed by atoms with Gasteiger partial charge in [-0.25, -0.2) is 4.98 Å². The number of carbonyl (C=O) groups excluding carboxylic acids is 1. The molecule has 0 aromatic carbocycles. The second kappa shape index (κ2) is 7.99. The third-order valence-corrected chi connectivity index (χ3v) is 5.58. The molecule has 1 saturated carbocycles. The van der Waals surface area contributed by atoms with E-state index in [4.69, 9.17) is 4.52 Å². The summed E-state index contributed by atoms with van der Waals surface area (Å²) in [5.74, 6) is 0.843. The van der Waals surface area contributed by atoms with Crippen LogP contribution in [0.3, 0.4) is 0 Å². The number of piperidine rings is 1. The molecule has 1 saturated heterocycles. The van der Waals surface area contributed by atoms with Crippen molar-refractivity contribution in [2.45, 2.75) is 65.3 Å². The molecule has 154 valence electrons. The number of halogens is 1. The van der Waals surface area contributed by atoms with Crippen LogP contribution in [0.1, 0.15) is 74.6 Å². The predicted octanol–water partition coefficient (Wildman–Crippen LogP) is 3.84. The molecular weight excluding hydrogens is 376 g/mol. The van der Waals surface area contributed by atoms with Crippen molar-refractivity contribution in [3.63, 3.8) is 0 Å². The zero-order valence-electron chi connectivity index (χ0n) is 17.2. The smallest absolute Gasteiger partial charge is 0.259 e. The average molecular weight is 407 g/mol. The third kappa shape index (κ3) is 4.49. The van der Waals surface area contributed by atoms with Gasteiger partial charge in [0.25, 0.3) is 11.6 Å². The van der Waals surface area contributed by atoms with E-state index in [1.54, 1.807) is 0 Å². The molecule has 7 heteroatoms. The summed E-state index contributed by atoms with van der Waals surface area (Å²) in [7, 11) is 0. The van der Waals surface area contributed by atoms with Gasteiger partial charge in [0.1, 0.15) is 0 Å². The molecule has 0 spiro atoms. The highest BCUT2D eigenvalue weighted by atomic mass is 35.5. The van der Waals surface area contributed by atoms with Crippen LogP contribution in [0.15, 0.2) is 10.6 Å². The largest absolute Gasteiger partial charge is 0.349 e. The van der Waals surface area contributed by atoms with Gasteiger partial charge in [-0.1, -0.05) is 32.9 Å². The van der Waals surface area contributed by atoms with Crippen molar-refractivity contribution < 1.29 is 9.32 Å². The first-order chi connectivity index (χ1) is 12.8. The van der Waals surface area contributed by atoms with Crippen LogP contribution in [0.4, 0.5) is 0 Å². The lowest BCUT2D eigenvalue weighted by Gasteiger charge is -2.30. The molecule has 0 bridgehead atoms. The lowest BCUT2D eigenvalue weighted by atomic mass is 9.89. The molecule has 2 unspecified atom stereocenters. The minimum atomic E-state index is -0.0265. The Hall–Kier alpha value is -1.66. The van der Waals surface area contributed by atoms with Gasteiger partial charge in [0.05, 0.1) is 16.6 Å². The van der Waals surface area contributed by atoms with Gasteiger partial charge in [0.15, 0.2) is 0 Å². The van der Waals surface area contributed by atoms with E-state index in [1.165, 1.54) is 0 Å². The van der Waals surface area contributed by atoms with E-state index >= 15 is 0 Å². The number of nitrogens with zero attached hydrogens (tertiary/aromatic N) is 2. The minimum absolute atomic E-state index is 0. The Labute approximate surface area is 172 Å². The summed E-state index contributed by atoms with van der Waals surface area (Å²) in [6.45, 7) is 10.5. The lowest BCUT2D eigenvalue weighted by molar-refractivity contribution is 0.0915. The molecule has 1 aliphatic carbocycles. The Balaban J connectivity index is 0.00000225. The number of carbonyl (C=O) groups is 1. The highest BCUT2D eigenvalue weighted by molar-refractivity contribution is 6.06. The van der Waals surface area contributed by atoms with Gasteiger partial charge in [-0.15, -0.1) is 12.4 Å². The molecule has 2 aliphatic rings. The molecule has 4 rings (SSSR count). The van der Waals surface area contributed by atoms with Crippen molar-refractivity contribution in [3.8, 4) is 0 Å². The molecule has 2 aromatic rings. The van der Waals surface area contributed by atoms with E-state index in [2.05, 4.69) is 48.5 Å². The van der Waals surface area contributed by atoms with E-state index in [1.807, 2.05) is 6.07 Å². The summed E-state index contributed by atoms with van der Waals surface area (Å²) in [6, 6.07) is 2.17. The predicted molar refractivity (Wildman–Crippen MR) is 112 cm³/mol. The molecule has 2 fully saturated rings. The van der Waals surface area contributed by atoms with Gasteiger partial charge < -0.3 is 15.2 Å². The fourth-order valence-electron chi connectivity index (χ4n) is 3.89. The maximum atomic E-state index is 13.3. The van der Waals surface area contributed by atoms with Crippen LogP contribution < -0.4 is 10.6 Å². The van der Waals surface area contributed by atoms with Gasteiger partial charge in [-0.3, -0.25) is 4.79 Å². The zero-order chi connectivity index (χ0) is 19.2.